The monoisotopic (exact) mass is 317 g/mol. The van der Waals surface area contributed by atoms with Gasteiger partial charge in [-0.15, -0.1) is 0 Å². The number of nitrogens with zero attached hydrogens (tertiary/aromatic N) is 1. The summed E-state index contributed by atoms with van der Waals surface area (Å²) < 4.78 is 5.40. The number of morpholine rings is 1. The van der Waals surface area contributed by atoms with Crippen molar-refractivity contribution < 1.29 is 4.74 Å². The van der Waals surface area contributed by atoms with Gasteiger partial charge < -0.3 is 4.74 Å². The van der Waals surface area contributed by atoms with Gasteiger partial charge in [0.25, 0.3) is 0 Å². The lowest BCUT2D eigenvalue weighted by molar-refractivity contribution is 0.0375. The van der Waals surface area contributed by atoms with Gasteiger partial charge in [-0.1, -0.05) is 63.3 Å². The van der Waals surface area contributed by atoms with Crippen LogP contribution in [-0.2, 0) is 17.6 Å². The van der Waals surface area contributed by atoms with Crippen molar-refractivity contribution in [2.24, 2.45) is 0 Å². The Morgan fingerprint density at radius 1 is 0.783 bits per heavy atom. The maximum atomic E-state index is 5.40. The molecular weight excluding hydrogens is 282 g/mol. The molecule has 0 unspecified atom stereocenters. The number of unbranched alkanes of at least 4 members (excludes halogenated alkanes) is 5. The largest absolute Gasteiger partial charge is 0.379 e. The van der Waals surface area contributed by atoms with Crippen molar-refractivity contribution in [2.45, 2.75) is 64.7 Å². The van der Waals surface area contributed by atoms with Gasteiger partial charge >= 0.3 is 0 Å². The summed E-state index contributed by atoms with van der Waals surface area (Å²) in [6.07, 6.45) is 12.0. The quantitative estimate of drug-likeness (QED) is 0.541. The summed E-state index contributed by atoms with van der Waals surface area (Å²) in [5.74, 6) is 0. The fourth-order valence-electron chi connectivity index (χ4n) is 3.31. The molecule has 1 aliphatic heterocycles. The second-order valence-corrected chi connectivity index (χ2v) is 6.89. The molecule has 1 aliphatic rings. The zero-order valence-electron chi connectivity index (χ0n) is 15.1. The predicted octanol–water partition coefficient (Wildman–Crippen LogP) is 4.85. The van der Waals surface area contributed by atoms with Gasteiger partial charge in [0.1, 0.15) is 0 Å². The van der Waals surface area contributed by atoms with E-state index >= 15 is 0 Å². The molecule has 0 atom stereocenters. The molecule has 1 fully saturated rings. The van der Waals surface area contributed by atoms with E-state index in [0.717, 1.165) is 26.3 Å². The SMILES string of the molecule is CCCCCCCCc1ccc(CCCN2CCOCC2)cc1. The number of benzene rings is 1. The van der Waals surface area contributed by atoms with Gasteiger partial charge in [-0.3, -0.25) is 4.90 Å². The molecule has 1 aromatic carbocycles. The lowest BCUT2D eigenvalue weighted by Crippen LogP contribution is -2.36. The van der Waals surface area contributed by atoms with Crippen LogP contribution in [0.4, 0.5) is 0 Å². The van der Waals surface area contributed by atoms with Crippen molar-refractivity contribution in [2.75, 3.05) is 32.8 Å². The molecule has 1 heterocycles. The summed E-state index contributed by atoms with van der Waals surface area (Å²) in [4.78, 5) is 2.52. The van der Waals surface area contributed by atoms with Crippen LogP contribution in [0.25, 0.3) is 0 Å². The molecule has 0 bridgehead atoms. The molecule has 0 N–H and O–H groups in total. The minimum Gasteiger partial charge on any atom is -0.379 e. The van der Waals surface area contributed by atoms with Gasteiger partial charge in [0.15, 0.2) is 0 Å². The van der Waals surface area contributed by atoms with Gasteiger partial charge in [-0.05, 0) is 43.4 Å². The van der Waals surface area contributed by atoms with Crippen LogP contribution in [0, 0.1) is 0 Å². The molecule has 2 rings (SSSR count). The highest BCUT2D eigenvalue weighted by atomic mass is 16.5. The molecule has 23 heavy (non-hydrogen) atoms. The van der Waals surface area contributed by atoms with Crippen LogP contribution in [0.3, 0.4) is 0 Å². The molecule has 0 amide bonds. The van der Waals surface area contributed by atoms with Gasteiger partial charge in [0.05, 0.1) is 13.2 Å². The maximum absolute atomic E-state index is 5.40. The summed E-state index contributed by atoms with van der Waals surface area (Å²) in [7, 11) is 0. The zero-order chi connectivity index (χ0) is 16.2. The lowest BCUT2D eigenvalue weighted by Gasteiger charge is -2.26. The third-order valence-corrected chi connectivity index (χ3v) is 4.89. The molecule has 0 aliphatic carbocycles. The molecule has 0 spiro atoms. The third-order valence-electron chi connectivity index (χ3n) is 4.89. The smallest absolute Gasteiger partial charge is 0.0594 e. The first-order chi connectivity index (χ1) is 11.4. The molecule has 1 saturated heterocycles. The molecule has 0 aromatic heterocycles. The number of hydrogen-bond acceptors (Lipinski definition) is 2. The van der Waals surface area contributed by atoms with Crippen LogP contribution in [0.1, 0.15) is 63.0 Å². The number of aryl methyl sites for hydroxylation is 2. The van der Waals surface area contributed by atoms with Crippen molar-refractivity contribution in [3.8, 4) is 0 Å². The lowest BCUT2D eigenvalue weighted by atomic mass is 10.0. The van der Waals surface area contributed by atoms with E-state index in [-0.39, 0.29) is 0 Å². The van der Waals surface area contributed by atoms with E-state index in [1.54, 1.807) is 0 Å². The van der Waals surface area contributed by atoms with E-state index in [0.29, 0.717) is 0 Å². The average molecular weight is 318 g/mol. The Kier molecular flexibility index (Phi) is 9.35. The summed E-state index contributed by atoms with van der Waals surface area (Å²) in [6.45, 7) is 7.53. The highest BCUT2D eigenvalue weighted by Gasteiger charge is 2.09. The fraction of sp³-hybridized carbons (Fsp3) is 0.714. The Morgan fingerprint density at radius 3 is 2.00 bits per heavy atom. The first kappa shape index (κ1) is 18.5. The highest BCUT2D eigenvalue weighted by molar-refractivity contribution is 5.22. The Labute approximate surface area is 143 Å². The van der Waals surface area contributed by atoms with E-state index < -0.39 is 0 Å². The second-order valence-electron chi connectivity index (χ2n) is 6.89. The summed E-state index contributed by atoms with van der Waals surface area (Å²) >= 11 is 0. The first-order valence-corrected chi connectivity index (χ1v) is 9.76. The van der Waals surface area contributed by atoms with Crippen molar-refractivity contribution in [3.63, 3.8) is 0 Å². The molecular formula is C21H35NO. The van der Waals surface area contributed by atoms with Crippen molar-refractivity contribution >= 4 is 0 Å². The molecule has 2 nitrogen and oxygen atoms in total. The summed E-state index contributed by atoms with van der Waals surface area (Å²) in [5, 5.41) is 0. The van der Waals surface area contributed by atoms with E-state index in [9.17, 15) is 0 Å². The van der Waals surface area contributed by atoms with Gasteiger partial charge in [0.2, 0.25) is 0 Å². The molecule has 130 valence electrons. The topological polar surface area (TPSA) is 12.5 Å². The van der Waals surface area contributed by atoms with Gasteiger partial charge in [0, 0.05) is 13.1 Å². The standard InChI is InChI=1S/C21H35NO/c1-2-3-4-5-6-7-9-20-11-13-21(14-12-20)10-8-15-22-16-18-23-19-17-22/h11-14H,2-10,15-19H2,1H3. The van der Waals surface area contributed by atoms with Crippen LogP contribution in [0.2, 0.25) is 0 Å². The van der Waals surface area contributed by atoms with Crippen molar-refractivity contribution in [1.29, 1.82) is 0 Å². The Morgan fingerprint density at radius 2 is 1.35 bits per heavy atom. The minimum absolute atomic E-state index is 0.910. The summed E-state index contributed by atoms with van der Waals surface area (Å²) in [5.41, 5.74) is 3.00. The zero-order valence-corrected chi connectivity index (χ0v) is 15.1. The minimum atomic E-state index is 0.910. The Balaban J connectivity index is 1.56. The Bertz CT molecular complexity index is 395. The average Bonchev–Trinajstić information content (AvgIpc) is 2.60. The van der Waals surface area contributed by atoms with Crippen LogP contribution < -0.4 is 0 Å². The first-order valence-electron chi connectivity index (χ1n) is 9.76. The molecule has 0 saturated carbocycles. The van der Waals surface area contributed by atoms with E-state index in [4.69, 9.17) is 4.74 Å². The van der Waals surface area contributed by atoms with Gasteiger partial charge in [-0.2, -0.15) is 0 Å². The van der Waals surface area contributed by atoms with Crippen LogP contribution in [-0.4, -0.2) is 37.7 Å². The second kappa shape index (κ2) is 11.6. The number of rotatable bonds is 11. The van der Waals surface area contributed by atoms with Crippen molar-refractivity contribution in [1.82, 2.24) is 4.90 Å². The molecule has 2 heteroatoms. The van der Waals surface area contributed by atoms with Crippen LogP contribution >= 0.6 is 0 Å². The van der Waals surface area contributed by atoms with E-state index in [1.165, 1.54) is 75.5 Å². The van der Waals surface area contributed by atoms with E-state index in [1.807, 2.05) is 0 Å². The number of hydrogen-bond donors (Lipinski definition) is 0. The molecule has 1 aromatic rings. The van der Waals surface area contributed by atoms with Crippen LogP contribution in [0.15, 0.2) is 24.3 Å². The van der Waals surface area contributed by atoms with Crippen molar-refractivity contribution in [3.05, 3.63) is 35.4 Å². The maximum Gasteiger partial charge on any atom is 0.0594 e. The molecule has 0 radical (unpaired) electrons. The third kappa shape index (κ3) is 7.99. The van der Waals surface area contributed by atoms with E-state index in [2.05, 4.69) is 36.1 Å². The summed E-state index contributed by atoms with van der Waals surface area (Å²) in [6, 6.07) is 9.36. The Hall–Kier alpha value is -0.860. The fourth-order valence-corrected chi connectivity index (χ4v) is 3.31. The normalized spacial score (nSPS) is 15.9. The van der Waals surface area contributed by atoms with Crippen LogP contribution in [0.5, 0.6) is 0 Å². The highest BCUT2D eigenvalue weighted by Crippen LogP contribution is 2.12. The van der Waals surface area contributed by atoms with Gasteiger partial charge in [-0.25, -0.2) is 0 Å². The predicted molar refractivity (Wildman–Crippen MR) is 99.1 cm³/mol. The number of ether oxygens (including phenoxy) is 1.